The second kappa shape index (κ2) is 4.92. The summed E-state index contributed by atoms with van der Waals surface area (Å²) in [5.74, 6) is 0.773. The third kappa shape index (κ3) is 2.88. The smallest absolute Gasteiger partial charge is 0.225 e. The summed E-state index contributed by atoms with van der Waals surface area (Å²) in [5.41, 5.74) is 0. The fraction of sp³-hybridized carbons (Fsp3) is 0.500. The molecule has 1 fully saturated rings. The number of carbonyl (C=O) groups excluding carboxylic acids is 1. The highest BCUT2D eigenvalue weighted by Crippen LogP contribution is 2.19. The number of rotatable bonds is 3. The number of halogens is 1. The van der Waals surface area contributed by atoms with Crippen LogP contribution in [0.5, 0.6) is 5.88 Å². The first-order valence-corrected chi connectivity index (χ1v) is 6.01. The maximum atomic E-state index is 11.6. The normalized spacial score (nSPS) is 15.9. The zero-order chi connectivity index (χ0) is 12.4. The van der Waals surface area contributed by atoms with Gasteiger partial charge < -0.3 is 9.64 Å². The number of aromatic nitrogens is 1. The Hall–Kier alpha value is -1.29. The molecular weight excluding hydrogens is 240 g/mol. The van der Waals surface area contributed by atoms with Gasteiger partial charge in [0, 0.05) is 18.2 Å². The van der Waals surface area contributed by atoms with Crippen LogP contribution in [0.3, 0.4) is 0 Å². The number of ether oxygens (including phenoxy) is 1. The van der Waals surface area contributed by atoms with Gasteiger partial charge in [-0.3, -0.25) is 4.79 Å². The van der Waals surface area contributed by atoms with Crippen LogP contribution in [0.1, 0.15) is 13.8 Å². The van der Waals surface area contributed by atoms with E-state index in [-0.39, 0.29) is 17.9 Å². The fourth-order valence-corrected chi connectivity index (χ4v) is 1.77. The van der Waals surface area contributed by atoms with Crippen LogP contribution < -0.4 is 4.74 Å². The van der Waals surface area contributed by atoms with Crippen molar-refractivity contribution >= 4 is 17.5 Å². The summed E-state index contributed by atoms with van der Waals surface area (Å²) in [6, 6.07) is 3.47. The zero-order valence-electron chi connectivity index (χ0n) is 9.89. The van der Waals surface area contributed by atoms with Gasteiger partial charge in [0.2, 0.25) is 11.8 Å². The molecule has 1 saturated heterocycles. The number of hydrogen-bond donors (Lipinski definition) is 0. The number of amides is 1. The van der Waals surface area contributed by atoms with Gasteiger partial charge in [0.1, 0.15) is 6.10 Å². The van der Waals surface area contributed by atoms with Gasteiger partial charge in [-0.25, -0.2) is 4.98 Å². The van der Waals surface area contributed by atoms with Crippen molar-refractivity contribution in [3.63, 3.8) is 0 Å². The summed E-state index contributed by atoms with van der Waals surface area (Å²) >= 11 is 5.72. The van der Waals surface area contributed by atoms with E-state index in [4.69, 9.17) is 16.3 Å². The first kappa shape index (κ1) is 12.2. The summed E-state index contributed by atoms with van der Waals surface area (Å²) < 4.78 is 5.60. The molecule has 1 aromatic rings. The van der Waals surface area contributed by atoms with E-state index < -0.39 is 0 Å². The predicted molar refractivity (Wildman–Crippen MR) is 65.1 cm³/mol. The Morgan fingerprint density at radius 1 is 1.53 bits per heavy atom. The molecule has 1 aliphatic rings. The van der Waals surface area contributed by atoms with Crippen LogP contribution in [0, 0.1) is 5.92 Å². The van der Waals surface area contributed by atoms with Crippen LogP contribution in [0.2, 0.25) is 5.02 Å². The van der Waals surface area contributed by atoms with E-state index in [1.54, 1.807) is 23.2 Å². The number of pyridine rings is 1. The second-order valence-electron chi connectivity index (χ2n) is 4.45. The molecule has 2 rings (SSSR count). The van der Waals surface area contributed by atoms with Gasteiger partial charge >= 0.3 is 0 Å². The van der Waals surface area contributed by atoms with Gasteiger partial charge in [-0.2, -0.15) is 0 Å². The molecule has 0 unspecified atom stereocenters. The number of likely N-dealkylation sites (tertiary alicyclic amines) is 1. The SMILES string of the molecule is CC(C)C(=O)N1CC(Oc2ccc(Cl)cn2)C1. The highest BCUT2D eigenvalue weighted by atomic mass is 35.5. The third-order valence-corrected chi connectivity index (χ3v) is 2.86. The third-order valence-electron chi connectivity index (χ3n) is 2.64. The van der Waals surface area contributed by atoms with Crippen LogP contribution in [0.15, 0.2) is 18.3 Å². The van der Waals surface area contributed by atoms with Gasteiger partial charge in [-0.05, 0) is 6.07 Å². The van der Waals surface area contributed by atoms with E-state index in [0.29, 0.717) is 24.0 Å². The Kier molecular flexibility index (Phi) is 3.52. The summed E-state index contributed by atoms with van der Waals surface area (Å²) in [6.45, 7) is 5.08. The van der Waals surface area contributed by atoms with E-state index in [1.807, 2.05) is 13.8 Å². The maximum Gasteiger partial charge on any atom is 0.225 e. The largest absolute Gasteiger partial charge is 0.471 e. The Morgan fingerprint density at radius 3 is 2.76 bits per heavy atom. The van der Waals surface area contributed by atoms with Crippen molar-refractivity contribution in [3.05, 3.63) is 23.4 Å². The Labute approximate surface area is 106 Å². The fourth-order valence-electron chi connectivity index (χ4n) is 1.66. The standard InChI is InChI=1S/C12H15ClN2O2/c1-8(2)12(16)15-6-10(7-15)17-11-4-3-9(13)5-14-11/h3-5,8,10H,6-7H2,1-2H3. The summed E-state index contributed by atoms with van der Waals surface area (Å²) in [6.07, 6.45) is 1.60. The Morgan fingerprint density at radius 2 is 2.24 bits per heavy atom. The molecule has 0 spiro atoms. The lowest BCUT2D eigenvalue weighted by Crippen LogP contribution is -2.57. The Balaban J connectivity index is 1.81. The molecule has 0 N–H and O–H groups in total. The molecule has 0 saturated carbocycles. The van der Waals surface area contributed by atoms with Crippen molar-refractivity contribution in [2.45, 2.75) is 20.0 Å². The van der Waals surface area contributed by atoms with E-state index >= 15 is 0 Å². The van der Waals surface area contributed by atoms with Crippen molar-refractivity contribution in [2.75, 3.05) is 13.1 Å². The van der Waals surface area contributed by atoms with Crippen molar-refractivity contribution in [3.8, 4) is 5.88 Å². The second-order valence-corrected chi connectivity index (χ2v) is 4.89. The minimum absolute atomic E-state index is 0.0459. The number of hydrogen-bond acceptors (Lipinski definition) is 3. The van der Waals surface area contributed by atoms with E-state index in [9.17, 15) is 4.79 Å². The Bertz CT molecular complexity index is 399. The average Bonchev–Trinajstić information content (AvgIpc) is 2.24. The van der Waals surface area contributed by atoms with Gasteiger partial charge in [0.25, 0.3) is 0 Å². The van der Waals surface area contributed by atoms with E-state index in [1.165, 1.54) is 0 Å². The molecule has 1 aromatic heterocycles. The molecule has 2 heterocycles. The molecule has 5 heteroatoms. The first-order chi connectivity index (χ1) is 8.06. The lowest BCUT2D eigenvalue weighted by molar-refractivity contribution is -0.143. The predicted octanol–water partition coefficient (Wildman–Crippen LogP) is 1.98. The van der Waals surface area contributed by atoms with Crippen LogP contribution >= 0.6 is 11.6 Å². The molecule has 0 radical (unpaired) electrons. The number of nitrogens with zero attached hydrogens (tertiary/aromatic N) is 2. The minimum Gasteiger partial charge on any atom is -0.471 e. The quantitative estimate of drug-likeness (QED) is 0.828. The molecule has 1 amide bonds. The molecule has 1 aliphatic heterocycles. The molecular formula is C12H15ClN2O2. The summed E-state index contributed by atoms with van der Waals surface area (Å²) in [7, 11) is 0. The van der Waals surface area contributed by atoms with Crippen LogP contribution in [-0.2, 0) is 4.79 Å². The van der Waals surface area contributed by atoms with Gasteiger partial charge in [-0.1, -0.05) is 25.4 Å². The molecule has 0 atom stereocenters. The monoisotopic (exact) mass is 254 g/mol. The summed E-state index contributed by atoms with van der Waals surface area (Å²) in [4.78, 5) is 17.4. The maximum absolute atomic E-state index is 11.6. The minimum atomic E-state index is 0.0459. The van der Waals surface area contributed by atoms with Gasteiger partial charge in [0.05, 0.1) is 18.1 Å². The van der Waals surface area contributed by atoms with Crippen molar-refractivity contribution in [2.24, 2.45) is 5.92 Å². The lowest BCUT2D eigenvalue weighted by atomic mass is 10.1. The lowest BCUT2D eigenvalue weighted by Gasteiger charge is -2.39. The topological polar surface area (TPSA) is 42.4 Å². The van der Waals surface area contributed by atoms with Gasteiger partial charge in [-0.15, -0.1) is 0 Å². The highest BCUT2D eigenvalue weighted by Gasteiger charge is 2.33. The zero-order valence-corrected chi connectivity index (χ0v) is 10.6. The van der Waals surface area contributed by atoms with Gasteiger partial charge in [0.15, 0.2) is 0 Å². The number of carbonyl (C=O) groups is 1. The molecule has 92 valence electrons. The molecule has 0 aromatic carbocycles. The summed E-state index contributed by atoms with van der Waals surface area (Å²) in [5, 5.41) is 0.586. The van der Waals surface area contributed by atoms with Crippen molar-refractivity contribution in [1.29, 1.82) is 0 Å². The van der Waals surface area contributed by atoms with Crippen molar-refractivity contribution in [1.82, 2.24) is 9.88 Å². The van der Waals surface area contributed by atoms with Crippen molar-refractivity contribution < 1.29 is 9.53 Å². The molecule has 4 nitrogen and oxygen atoms in total. The van der Waals surface area contributed by atoms with Crippen LogP contribution in [0.25, 0.3) is 0 Å². The van der Waals surface area contributed by atoms with E-state index in [2.05, 4.69) is 4.98 Å². The van der Waals surface area contributed by atoms with E-state index in [0.717, 1.165) is 0 Å². The van der Waals surface area contributed by atoms with Crippen LogP contribution in [0.4, 0.5) is 0 Å². The molecule has 0 bridgehead atoms. The average molecular weight is 255 g/mol. The first-order valence-electron chi connectivity index (χ1n) is 5.63. The molecule has 0 aliphatic carbocycles. The molecule has 17 heavy (non-hydrogen) atoms. The highest BCUT2D eigenvalue weighted by molar-refractivity contribution is 6.30. The van der Waals surface area contributed by atoms with Crippen LogP contribution in [-0.4, -0.2) is 35.0 Å².